The van der Waals surface area contributed by atoms with Crippen molar-refractivity contribution >= 4 is 23.1 Å². The predicted octanol–water partition coefficient (Wildman–Crippen LogP) is 3.32. The maximum absolute atomic E-state index is 12.4. The third kappa shape index (κ3) is 5.83. The van der Waals surface area contributed by atoms with E-state index in [-0.39, 0.29) is 5.91 Å². The number of hydrogen-bond donors (Lipinski definition) is 4. The summed E-state index contributed by atoms with van der Waals surface area (Å²) in [6.45, 7) is 2.93. The molecule has 0 spiro atoms. The molecule has 1 amide bonds. The molecule has 0 heterocycles. The zero-order valence-corrected chi connectivity index (χ0v) is 16.9. The number of nitrogens with two attached hydrogens (primary N) is 2. The van der Waals surface area contributed by atoms with Crippen molar-refractivity contribution < 1.29 is 4.79 Å². The second kappa shape index (κ2) is 10.1. The van der Waals surface area contributed by atoms with E-state index in [0.717, 1.165) is 11.1 Å². The quantitative estimate of drug-likeness (QED) is 0.159. The number of amides is 1. The van der Waals surface area contributed by atoms with E-state index in [0.29, 0.717) is 35.9 Å². The van der Waals surface area contributed by atoms with E-state index in [1.807, 2.05) is 61.5 Å². The van der Waals surface area contributed by atoms with E-state index < -0.39 is 0 Å². The van der Waals surface area contributed by atoms with Gasteiger partial charge >= 0.3 is 0 Å². The highest BCUT2D eigenvalue weighted by Crippen LogP contribution is 2.18. The Balaban J connectivity index is 1.53. The normalized spacial score (nSPS) is 11.1. The highest BCUT2D eigenvalue weighted by Gasteiger charge is 2.09. The summed E-state index contributed by atoms with van der Waals surface area (Å²) in [5.74, 6) is 6.56. The van der Waals surface area contributed by atoms with Gasteiger partial charge in [0, 0.05) is 5.56 Å². The van der Waals surface area contributed by atoms with Gasteiger partial charge in [-0.15, -0.1) is 0 Å². The maximum atomic E-state index is 12.4. The minimum atomic E-state index is -0.216. The molecule has 0 aliphatic carbocycles. The van der Waals surface area contributed by atoms with Crippen LogP contribution in [0.15, 0.2) is 84.0 Å². The summed E-state index contributed by atoms with van der Waals surface area (Å²) in [7, 11) is 0. The molecule has 154 valence electrons. The Morgan fingerprint density at radius 3 is 2.30 bits per heavy atom. The minimum absolute atomic E-state index is 0.216. The number of hydrogen-bond acceptors (Lipinski definition) is 5. The van der Waals surface area contributed by atoms with Crippen LogP contribution in [-0.2, 0) is 13.1 Å². The van der Waals surface area contributed by atoms with Gasteiger partial charge in [-0.05, 0) is 42.3 Å². The summed E-state index contributed by atoms with van der Waals surface area (Å²) in [5, 5.41) is 8.68. The maximum Gasteiger partial charge on any atom is 0.255 e. The Morgan fingerprint density at radius 1 is 0.933 bits per heavy atom. The van der Waals surface area contributed by atoms with Crippen molar-refractivity contribution in [3.8, 4) is 0 Å². The van der Waals surface area contributed by atoms with E-state index in [9.17, 15) is 4.79 Å². The molecule has 7 nitrogen and oxygen atoms in total. The number of hydrazine groups is 1. The summed E-state index contributed by atoms with van der Waals surface area (Å²) >= 11 is 0. The fourth-order valence-corrected chi connectivity index (χ4v) is 2.78. The Hall–Kier alpha value is -3.84. The SMILES string of the molecule is C/C(=N\NCc1ccccc1)N(N)Cc1ccc(C(=O)Nc2ccccc2N)cc1. The van der Waals surface area contributed by atoms with Gasteiger partial charge in [0.1, 0.15) is 5.84 Å². The topological polar surface area (TPSA) is 109 Å². The number of carbonyl (C=O) groups is 1. The van der Waals surface area contributed by atoms with Crippen LogP contribution in [0.3, 0.4) is 0 Å². The average Bonchev–Trinajstić information content (AvgIpc) is 2.76. The first-order valence-electron chi connectivity index (χ1n) is 9.61. The molecule has 0 bridgehead atoms. The van der Waals surface area contributed by atoms with Gasteiger partial charge in [0.25, 0.3) is 5.91 Å². The molecule has 3 rings (SSSR count). The molecule has 0 fully saturated rings. The molecule has 0 aromatic heterocycles. The van der Waals surface area contributed by atoms with Crippen LogP contribution in [0.25, 0.3) is 0 Å². The fraction of sp³-hybridized carbons (Fsp3) is 0.130. The van der Waals surface area contributed by atoms with Gasteiger partial charge in [-0.3, -0.25) is 9.80 Å². The highest BCUT2D eigenvalue weighted by atomic mass is 16.1. The number of amidine groups is 1. The number of rotatable bonds is 7. The first-order valence-corrected chi connectivity index (χ1v) is 9.61. The smallest absolute Gasteiger partial charge is 0.255 e. The molecule has 6 N–H and O–H groups in total. The number of hydrazone groups is 1. The van der Waals surface area contributed by atoms with Gasteiger partial charge in [-0.2, -0.15) is 5.10 Å². The Kier molecular flexibility index (Phi) is 7.02. The summed E-state index contributed by atoms with van der Waals surface area (Å²) in [6, 6.07) is 24.4. The second-order valence-electron chi connectivity index (χ2n) is 6.85. The van der Waals surface area contributed by atoms with Crippen LogP contribution in [-0.4, -0.2) is 16.8 Å². The molecule has 0 unspecified atom stereocenters. The van der Waals surface area contributed by atoms with E-state index >= 15 is 0 Å². The monoisotopic (exact) mass is 402 g/mol. The molecule has 0 aliphatic rings. The lowest BCUT2D eigenvalue weighted by Gasteiger charge is -2.18. The number of nitrogen functional groups attached to an aromatic ring is 1. The summed E-state index contributed by atoms with van der Waals surface area (Å²) < 4.78 is 0. The number of benzene rings is 3. The molecule has 0 aliphatic heterocycles. The average molecular weight is 403 g/mol. The summed E-state index contributed by atoms with van der Waals surface area (Å²) in [5.41, 5.74) is 12.7. The first-order chi connectivity index (χ1) is 14.5. The molecule has 0 atom stereocenters. The number of para-hydroxylation sites is 2. The van der Waals surface area contributed by atoms with Crippen LogP contribution in [0.2, 0.25) is 0 Å². The molecule has 0 saturated carbocycles. The molecular weight excluding hydrogens is 376 g/mol. The third-order valence-corrected chi connectivity index (χ3v) is 4.56. The zero-order valence-electron chi connectivity index (χ0n) is 16.9. The molecular formula is C23H26N6O. The van der Waals surface area contributed by atoms with Crippen LogP contribution < -0.4 is 22.3 Å². The Bertz CT molecular complexity index is 1000. The van der Waals surface area contributed by atoms with Gasteiger partial charge in [0.2, 0.25) is 0 Å². The van der Waals surface area contributed by atoms with Gasteiger partial charge in [-0.1, -0.05) is 54.6 Å². The predicted molar refractivity (Wildman–Crippen MR) is 121 cm³/mol. The molecule has 3 aromatic carbocycles. The number of nitrogens with one attached hydrogen (secondary N) is 2. The van der Waals surface area contributed by atoms with Crippen molar-refractivity contribution in [1.82, 2.24) is 10.4 Å². The Morgan fingerprint density at radius 2 is 1.60 bits per heavy atom. The van der Waals surface area contributed by atoms with Crippen LogP contribution >= 0.6 is 0 Å². The lowest BCUT2D eigenvalue weighted by atomic mass is 10.1. The van der Waals surface area contributed by atoms with Crippen LogP contribution in [0.1, 0.15) is 28.4 Å². The molecule has 0 saturated heterocycles. The molecule has 7 heteroatoms. The van der Waals surface area contributed by atoms with Crippen molar-refractivity contribution in [1.29, 1.82) is 0 Å². The van der Waals surface area contributed by atoms with Gasteiger partial charge < -0.3 is 16.5 Å². The lowest BCUT2D eigenvalue weighted by Crippen LogP contribution is -2.36. The van der Waals surface area contributed by atoms with E-state index in [2.05, 4.69) is 15.8 Å². The first kappa shape index (κ1) is 20.9. The lowest BCUT2D eigenvalue weighted by molar-refractivity contribution is 0.102. The van der Waals surface area contributed by atoms with Crippen molar-refractivity contribution in [3.05, 3.63) is 95.6 Å². The minimum Gasteiger partial charge on any atom is -0.397 e. The molecule has 3 aromatic rings. The largest absolute Gasteiger partial charge is 0.397 e. The van der Waals surface area contributed by atoms with Gasteiger partial charge in [0.15, 0.2) is 0 Å². The zero-order chi connectivity index (χ0) is 21.3. The van der Waals surface area contributed by atoms with Crippen molar-refractivity contribution in [2.45, 2.75) is 20.0 Å². The summed E-state index contributed by atoms with van der Waals surface area (Å²) in [4.78, 5) is 12.4. The van der Waals surface area contributed by atoms with E-state index in [1.165, 1.54) is 0 Å². The van der Waals surface area contributed by atoms with Crippen LogP contribution in [0, 0.1) is 0 Å². The highest BCUT2D eigenvalue weighted by molar-refractivity contribution is 6.05. The third-order valence-electron chi connectivity index (χ3n) is 4.56. The van der Waals surface area contributed by atoms with Crippen molar-refractivity contribution in [3.63, 3.8) is 0 Å². The molecule has 0 radical (unpaired) electrons. The Labute approximate surface area is 176 Å². The van der Waals surface area contributed by atoms with E-state index in [4.69, 9.17) is 11.6 Å². The van der Waals surface area contributed by atoms with Crippen LogP contribution in [0.4, 0.5) is 11.4 Å². The number of nitrogens with zero attached hydrogens (tertiary/aromatic N) is 2. The van der Waals surface area contributed by atoms with Crippen LogP contribution in [0.5, 0.6) is 0 Å². The standard InChI is InChI=1S/C23H26N6O/c1-17(28-26-15-18-7-3-2-4-8-18)29(25)16-19-11-13-20(14-12-19)23(30)27-22-10-6-5-9-21(22)24/h2-14,26H,15-16,24-25H2,1H3,(H,27,30)/b28-17+. The second-order valence-corrected chi connectivity index (χ2v) is 6.85. The fourth-order valence-electron chi connectivity index (χ4n) is 2.78. The van der Waals surface area contributed by atoms with Crippen molar-refractivity contribution in [2.24, 2.45) is 10.9 Å². The van der Waals surface area contributed by atoms with E-state index in [1.54, 1.807) is 29.3 Å². The van der Waals surface area contributed by atoms with Gasteiger partial charge in [0.05, 0.1) is 24.5 Å². The number of carbonyl (C=O) groups excluding carboxylic acids is 1. The van der Waals surface area contributed by atoms with Crippen molar-refractivity contribution in [2.75, 3.05) is 11.1 Å². The summed E-state index contributed by atoms with van der Waals surface area (Å²) in [6.07, 6.45) is 0. The van der Waals surface area contributed by atoms with Gasteiger partial charge in [-0.25, -0.2) is 5.84 Å². The number of anilines is 2. The molecule has 30 heavy (non-hydrogen) atoms.